The molecule has 0 radical (unpaired) electrons. The summed E-state index contributed by atoms with van der Waals surface area (Å²) in [6.45, 7) is 5.73. The van der Waals surface area contributed by atoms with Crippen LogP contribution < -0.4 is 16.2 Å². The molecular weight excluding hydrogens is 327 g/mol. The number of rotatable bonds is 2. The summed E-state index contributed by atoms with van der Waals surface area (Å²) < 4.78 is 37.3. The Labute approximate surface area is 138 Å². The predicted molar refractivity (Wildman–Crippen MR) is 87.2 cm³/mol. The molecule has 0 aromatic heterocycles. The number of benzene rings is 1. The van der Waals surface area contributed by atoms with Gasteiger partial charge in [-0.15, -0.1) is 0 Å². The highest BCUT2D eigenvalue weighted by atomic mass is 32.1. The molecule has 126 valence electrons. The van der Waals surface area contributed by atoms with E-state index < -0.39 is 17.6 Å². The van der Waals surface area contributed by atoms with Gasteiger partial charge in [-0.1, -0.05) is 12.1 Å². The van der Waals surface area contributed by atoms with Crippen LogP contribution in [0, 0.1) is 0 Å². The second-order valence-corrected chi connectivity index (χ2v) is 6.18. The number of carbonyl (C=O) groups excluding carboxylic acids is 1. The topological polar surface area (TPSA) is 53.2 Å². The van der Waals surface area contributed by atoms with Crippen molar-refractivity contribution >= 4 is 29.3 Å². The molecular formula is C15H18F3N3OS. The fourth-order valence-corrected chi connectivity index (χ4v) is 1.84. The van der Waals surface area contributed by atoms with Crippen LogP contribution in [0.5, 0.6) is 0 Å². The minimum Gasteiger partial charge on any atom is -0.357 e. The SMILES string of the molecule is CC(C)(C)NC(=S)NNC(=O)/C=C/c1ccc(C(F)(F)F)cc1. The maximum atomic E-state index is 12.4. The van der Waals surface area contributed by atoms with Gasteiger partial charge in [0.05, 0.1) is 5.56 Å². The molecule has 0 aliphatic heterocycles. The van der Waals surface area contributed by atoms with E-state index in [1.54, 1.807) is 0 Å². The van der Waals surface area contributed by atoms with E-state index in [0.29, 0.717) is 5.56 Å². The first-order valence-electron chi connectivity index (χ1n) is 6.71. The Morgan fingerprint density at radius 3 is 2.13 bits per heavy atom. The van der Waals surface area contributed by atoms with Crippen molar-refractivity contribution in [2.24, 2.45) is 0 Å². The molecule has 0 atom stereocenters. The van der Waals surface area contributed by atoms with Crippen molar-refractivity contribution in [2.45, 2.75) is 32.5 Å². The molecule has 0 unspecified atom stereocenters. The average Bonchev–Trinajstić information content (AvgIpc) is 2.40. The van der Waals surface area contributed by atoms with Crippen molar-refractivity contribution in [1.29, 1.82) is 0 Å². The van der Waals surface area contributed by atoms with E-state index in [4.69, 9.17) is 12.2 Å². The standard InChI is InChI=1S/C15H18F3N3OS/c1-14(2,3)19-13(23)21-20-12(22)9-6-10-4-7-11(8-5-10)15(16,17)18/h4-9H,1-3H3,(H,20,22)(H2,19,21,23)/b9-6+. The molecule has 1 amide bonds. The van der Waals surface area contributed by atoms with Gasteiger partial charge in [-0.2, -0.15) is 13.2 Å². The number of thiocarbonyl (C=S) groups is 1. The molecule has 0 saturated carbocycles. The van der Waals surface area contributed by atoms with Crippen LogP contribution in [0.4, 0.5) is 13.2 Å². The van der Waals surface area contributed by atoms with Crippen LogP contribution in [-0.2, 0) is 11.0 Å². The normalized spacial score (nSPS) is 12.1. The van der Waals surface area contributed by atoms with Crippen LogP contribution in [0.25, 0.3) is 6.08 Å². The Kier molecular flexibility index (Phi) is 6.14. The van der Waals surface area contributed by atoms with Crippen molar-refractivity contribution in [2.75, 3.05) is 0 Å². The third-order valence-electron chi connectivity index (χ3n) is 2.45. The number of nitrogens with one attached hydrogen (secondary N) is 3. The van der Waals surface area contributed by atoms with E-state index in [-0.39, 0.29) is 10.7 Å². The smallest absolute Gasteiger partial charge is 0.357 e. The molecule has 4 nitrogen and oxygen atoms in total. The number of halogens is 3. The molecule has 0 heterocycles. The van der Waals surface area contributed by atoms with Crippen LogP contribution in [-0.4, -0.2) is 16.6 Å². The molecule has 8 heteroatoms. The first kappa shape index (κ1) is 19.0. The lowest BCUT2D eigenvalue weighted by Gasteiger charge is -2.22. The van der Waals surface area contributed by atoms with Gasteiger partial charge >= 0.3 is 6.18 Å². The fraction of sp³-hybridized carbons (Fsp3) is 0.333. The number of amides is 1. The zero-order valence-corrected chi connectivity index (χ0v) is 13.7. The summed E-state index contributed by atoms with van der Waals surface area (Å²) in [7, 11) is 0. The summed E-state index contributed by atoms with van der Waals surface area (Å²) >= 11 is 4.98. The summed E-state index contributed by atoms with van der Waals surface area (Å²) in [4.78, 5) is 11.6. The fourth-order valence-electron chi connectivity index (χ4n) is 1.49. The van der Waals surface area contributed by atoms with Crippen molar-refractivity contribution in [3.63, 3.8) is 0 Å². The molecule has 0 aliphatic carbocycles. The number of alkyl halides is 3. The molecule has 0 aliphatic rings. The highest BCUT2D eigenvalue weighted by Crippen LogP contribution is 2.29. The summed E-state index contributed by atoms with van der Waals surface area (Å²) in [6, 6.07) is 4.48. The lowest BCUT2D eigenvalue weighted by molar-refractivity contribution is -0.137. The van der Waals surface area contributed by atoms with E-state index in [9.17, 15) is 18.0 Å². The van der Waals surface area contributed by atoms with E-state index in [1.807, 2.05) is 20.8 Å². The highest BCUT2D eigenvalue weighted by Gasteiger charge is 2.29. The number of hydrazine groups is 1. The van der Waals surface area contributed by atoms with Crippen molar-refractivity contribution in [1.82, 2.24) is 16.2 Å². The molecule has 0 saturated heterocycles. The summed E-state index contributed by atoms with van der Waals surface area (Å²) in [5.41, 5.74) is 4.37. The summed E-state index contributed by atoms with van der Waals surface area (Å²) in [5, 5.41) is 3.20. The van der Waals surface area contributed by atoms with Gasteiger partial charge in [-0.25, -0.2) is 0 Å². The first-order chi connectivity index (χ1) is 10.5. The molecule has 0 fully saturated rings. The van der Waals surface area contributed by atoms with Crippen molar-refractivity contribution in [3.05, 3.63) is 41.5 Å². The third-order valence-corrected chi connectivity index (χ3v) is 2.66. The van der Waals surface area contributed by atoms with Crippen molar-refractivity contribution in [3.8, 4) is 0 Å². The lowest BCUT2D eigenvalue weighted by Crippen LogP contribution is -2.51. The van der Waals surface area contributed by atoms with E-state index in [0.717, 1.165) is 12.1 Å². The quantitative estimate of drug-likeness (QED) is 0.438. The van der Waals surface area contributed by atoms with Gasteiger partial charge in [-0.05, 0) is 56.8 Å². The Morgan fingerprint density at radius 1 is 1.09 bits per heavy atom. The second-order valence-electron chi connectivity index (χ2n) is 5.77. The van der Waals surface area contributed by atoms with Crippen LogP contribution in [0.2, 0.25) is 0 Å². The van der Waals surface area contributed by atoms with Crippen LogP contribution in [0.1, 0.15) is 31.9 Å². The highest BCUT2D eigenvalue weighted by molar-refractivity contribution is 7.80. The number of carbonyl (C=O) groups is 1. The third kappa shape index (κ3) is 7.64. The Balaban J connectivity index is 2.51. The zero-order valence-electron chi connectivity index (χ0n) is 12.9. The largest absolute Gasteiger partial charge is 0.416 e. The molecule has 0 bridgehead atoms. The molecule has 1 aromatic carbocycles. The molecule has 3 N–H and O–H groups in total. The zero-order chi connectivity index (χ0) is 17.7. The van der Waals surface area contributed by atoms with E-state index >= 15 is 0 Å². The molecule has 0 spiro atoms. The van der Waals surface area contributed by atoms with Gasteiger partial charge in [0.25, 0.3) is 5.91 Å². The Hall–Kier alpha value is -2.09. The predicted octanol–water partition coefficient (Wildman–Crippen LogP) is 3.01. The minimum atomic E-state index is -4.38. The van der Waals surface area contributed by atoms with Crippen LogP contribution in [0.3, 0.4) is 0 Å². The van der Waals surface area contributed by atoms with E-state index in [2.05, 4.69) is 16.2 Å². The summed E-state index contributed by atoms with van der Waals surface area (Å²) in [6.07, 6.45) is -1.79. The number of hydrogen-bond acceptors (Lipinski definition) is 2. The van der Waals surface area contributed by atoms with Gasteiger partial charge < -0.3 is 5.32 Å². The van der Waals surface area contributed by atoms with Gasteiger partial charge in [0.2, 0.25) is 0 Å². The van der Waals surface area contributed by atoms with Crippen LogP contribution in [0.15, 0.2) is 30.3 Å². The molecule has 1 aromatic rings. The van der Waals surface area contributed by atoms with E-state index in [1.165, 1.54) is 24.3 Å². The van der Waals surface area contributed by atoms with Gasteiger partial charge in [-0.3, -0.25) is 15.6 Å². The number of hydrogen-bond donors (Lipinski definition) is 3. The minimum absolute atomic E-state index is 0.245. The second kappa shape index (κ2) is 7.45. The monoisotopic (exact) mass is 345 g/mol. The van der Waals surface area contributed by atoms with Gasteiger partial charge in [0.1, 0.15) is 0 Å². The average molecular weight is 345 g/mol. The van der Waals surface area contributed by atoms with Gasteiger partial charge in [0.15, 0.2) is 5.11 Å². The molecule has 23 heavy (non-hydrogen) atoms. The summed E-state index contributed by atoms with van der Waals surface area (Å²) in [5.74, 6) is -0.483. The Morgan fingerprint density at radius 2 is 1.65 bits per heavy atom. The maximum Gasteiger partial charge on any atom is 0.416 e. The first-order valence-corrected chi connectivity index (χ1v) is 7.12. The van der Waals surface area contributed by atoms with Gasteiger partial charge in [0, 0.05) is 11.6 Å². The maximum absolute atomic E-state index is 12.4. The lowest BCUT2D eigenvalue weighted by atomic mass is 10.1. The van der Waals surface area contributed by atoms with Crippen LogP contribution >= 0.6 is 12.2 Å². The Bertz CT molecular complexity index is 589. The molecule has 1 rings (SSSR count). The van der Waals surface area contributed by atoms with Crippen molar-refractivity contribution < 1.29 is 18.0 Å².